The number of ether oxygens (including phenoxy) is 1. The molecule has 0 aliphatic heterocycles. The second kappa shape index (κ2) is 5.43. The third kappa shape index (κ3) is 2.26. The zero-order valence-corrected chi connectivity index (χ0v) is 10.3. The van der Waals surface area contributed by atoms with E-state index in [-0.39, 0.29) is 6.10 Å². The lowest BCUT2D eigenvalue weighted by Gasteiger charge is -2.19. The normalized spacial score (nSPS) is 21.2. The lowest BCUT2D eigenvalue weighted by Crippen LogP contribution is -2.12. The van der Waals surface area contributed by atoms with Gasteiger partial charge in [0.1, 0.15) is 11.8 Å². The molecule has 1 aliphatic rings. The van der Waals surface area contributed by atoms with Gasteiger partial charge in [-0.15, -0.1) is 5.10 Å². The van der Waals surface area contributed by atoms with Crippen LogP contribution in [0.25, 0.3) is 0 Å². The van der Waals surface area contributed by atoms with Crippen molar-refractivity contribution in [2.45, 2.75) is 58.6 Å². The highest BCUT2D eigenvalue weighted by atomic mass is 16.5. The molecule has 1 heterocycles. The molecule has 0 amide bonds. The number of nitrogens with zero attached hydrogens (tertiary/aromatic N) is 3. The van der Waals surface area contributed by atoms with Crippen molar-refractivity contribution in [1.29, 1.82) is 0 Å². The second-order valence-electron chi connectivity index (χ2n) is 4.28. The minimum absolute atomic E-state index is 0.167. The summed E-state index contributed by atoms with van der Waals surface area (Å²) in [7, 11) is 0. The first kappa shape index (κ1) is 11.6. The highest BCUT2D eigenvalue weighted by Crippen LogP contribution is 2.28. The number of aromatic nitrogens is 3. The van der Waals surface area contributed by atoms with Crippen molar-refractivity contribution in [1.82, 2.24) is 15.0 Å². The summed E-state index contributed by atoms with van der Waals surface area (Å²) in [5.41, 5.74) is 2.38. The van der Waals surface area contributed by atoms with Crippen molar-refractivity contribution in [2.75, 3.05) is 6.61 Å². The minimum Gasteiger partial charge on any atom is -0.372 e. The van der Waals surface area contributed by atoms with Crippen molar-refractivity contribution in [3.8, 4) is 0 Å². The molecular weight excluding hydrogens is 202 g/mol. The van der Waals surface area contributed by atoms with Gasteiger partial charge in [-0.1, -0.05) is 18.1 Å². The molecule has 1 atom stereocenters. The molecule has 1 aromatic heterocycles. The maximum Gasteiger partial charge on any atom is 0.115 e. The van der Waals surface area contributed by atoms with Gasteiger partial charge < -0.3 is 4.74 Å². The van der Waals surface area contributed by atoms with E-state index in [0.29, 0.717) is 0 Å². The average Bonchev–Trinajstić information content (AvgIpc) is 2.66. The summed E-state index contributed by atoms with van der Waals surface area (Å²) in [5, 5.41) is 8.54. The van der Waals surface area contributed by atoms with Gasteiger partial charge in [-0.2, -0.15) is 0 Å². The number of aryl methyl sites for hydroxylation is 1. The van der Waals surface area contributed by atoms with Crippen molar-refractivity contribution in [3.05, 3.63) is 11.4 Å². The van der Waals surface area contributed by atoms with E-state index in [0.717, 1.165) is 31.7 Å². The zero-order valence-electron chi connectivity index (χ0n) is 10.3. The summed E-state index contributed by atoms with van der Waals surface area (Å²) in [5.74, 6) is 0. The highest BCUT2D eigenvalue weighted by molar-refractivity contribution is 5.14. The van der Waals surface area contributed by atoms with E-state index in [9.17, 15) is 0 Å². The van der Waals surface area contributed by atoms with Crippen LogP contribution in [0, 0.1) is 0 Å². The predicted molar refractivity (Wildman–Crippen MR) is 62.2 cm³/mol. The minimum atomic E-state index is 0.167. The van der Waals surface area contributed by atoms with E-state index in [1.54, 1.807) is 0 Å². The highest BCUT2D eigenvalue weighted by Gasteiger charge is 2.23. The molecule has 1 aromatic rings. The van der Waals surface area contributed by atoms with E-state index < -0.39 is 0 Å². The molecule has 0 aromatic carbocycles. The van der Waals surface area contributed by atoms with Gasteiger partial charge in [0.05, 0.1) is 5.69 Å². The standard InChI is InChI=1S/C12H21N3O/c1-3-15-10-8-6-5-7-9-11(16-4-2)12(10)13-14-15/h11H,3-9H2,1-2H3. The van der Waals surface area contributed by atoms with Gasteiger partial charge in [0.25, 0.3) is 0 Å². The maximum absolute atomic E-state index is 5.79. The zero-order chi connectivity index (χ0) is 11.4. The van der Waals surface area contributed by atoms with Crippen LogP contribution >= 0.6 is 0 Å². The molecule has 1 unspecified atom stereocenters. The molecule has 0 fully saturated rings. The van der Waals surface area contributed by atoms with Crippen LogP contribution in [0.5, 0.6) is 0 Å². The SMILES string of the molecule is CCOC1CCCCCc2c1nnn2CC. The van der Waals surface area contributed by atoms with E-state index in [1.807, 2.05) is 11.6 Å². The largest absolute Gasteiger partial charge is 0.372 e. The topological polar surface area (TPSA) is 39.9 Å². The number of rotatable bonds is 3. The third-order valence-corrected chi connectivity index (χ3v) is 3.22. The first-order valence-electron chi connectivity index (χ1n) is 6.40. The maximum atomic E-state index is 5.79. The summed E-state index contributed by atoms with van der Waals surface area (Å²) < 4.78 is 7.81. The molecule has 90 valence electrons. The molecule has 0 saturated heterocycles. The van der Waals surface area contributed by atoms with Gasteiger partial charge in [-0.25, -0.2) is 4.68 Å². The second-order valence-corrected chi connectivity index (χ2v) is 4.28. The Bertz CT molecular complexity index is 335. The Balaban J connectivity index is 2.28. The molecule has 1 aliphatic carbocycles. The first-order valence-corrected chi connectivity index (χ1v) is 6.40. The van der Waals surface area contributed by atoms with Crippen LogP contribution in [0.4, 0.5) is 0 Å². The Kier molecular flexibility index (Phi) is 3.93. The van der Waals surface area contributed by atoms with Crippen LogP contribution in [0.1, 0.15) is 57.0 Å². The Morgan fingerprint density at radius 3 is 2.94 bits per heavy atom. The Labute approximate surface area is 97.0 Å². The number of fused-ring (bicyclic) bond motifs is 1. The first-order chi connectivity index (χ1) is 7.86. The Morgan fingerprint density at radius 2 is 2.19 bits per heavy atom. The third-order valence-electron chi connectivity index (χ3n) is 3.22. The van der Waals surface area contributed by atoms with Crippen LogP contribution in [0.3, 0.4) is 0 Å². The number of hydrogen-bond donors (Lipinski definition) is 0. The molecule has 0 saturated carbocycles. The lowest BCUT2D eigenvalue weighted by molar-refractivity contribution is 0.0493. The fraction of sp³-hybridized carbons (Fsp3) is 0.833. The van der Waals surface area contributed by atoms with Crippen molar-refractivity contribution in [3.63, 3.8) is 0 Å². The fourth-order valence-electron chi connectivity index (χ4n) is 2.41. The summed E-state index contributed by atoms with van der Waals surface area (Å²) in [4.78, 5) is 0. The Morgan fingerprint density at radius 1 is 1.31 bits per heavy atom. The molecule has 0 N–H and O–H groups in total. The summed E-state index contributed by atoms with van der Waals surface area (Å²) in [6.07, 6.45) is 6.13. The van der Waals surface area contributed by atoms with Crippen LogP contribution in [0.15, 0.2) is 0 Å². The van der Waals surface area contributed by atoms with Crippen molar-refractivity contribution >= 4 is 0 Å². The number of hydrogen-bond acceptors (Lipinski definition) is 3. The fourth-order valence-corrected chi connectivity index (χ4v) is 2.41. The molecule has 16 heavy (non-hydrogen) atoms. The van der Waals surface area contributed by atoms with Crippen molar-refractivity contribution < 1.29 is 4.74 Å². The monoisotopic (exact) mass is 223 g/mol. The van der Waals surface area contributed by atoms with Crippen molar-refractivity contribution in [2.24, 2.45) is 0 Å². The van der Waals surface area contributed by atoms with Gasteiger partial charge in [0.2, 0.25) is 0 Å². The van der Waals surface area contributed by atoms with E-state index in [1.165, 1.54) is 25.0 Å². The van der Waals surface area contributed by atoms with Crippen LogP contribution in [-0.2, 0) is 17.7 Å². The molecule has 0 bridgehead atoms. The van der Waals surface area contributed by atoms with Gasteiger partial charge in [0.15, 0.2) is 0 Å². The molecular formula is C12H21N3O. The average molecular weight is 223 g/mol. The van der Waals surface area contributed by atoms with E-state index in [2.05, 4.69) is 17.2 Å². The summed E-state index contributed by atoms with van der Waals surface area (Å²) in [6.45, 7) is 5.82. The van der Waals surface area contributed by atoms with E-state index >= 15 is 0 Å². The van der Waals surface area contributed by atoms with E-state index in [4.69, 9.17) is 4.74 Å². The van der Waals surface area contributed by atoms with Crippen LogP contribution in [-0.4, -0.2) is 21.6 Å². The predicted octanol–water partition coefficient (Wildman–Crippen LogP) is 2.49. The molecule has 0 spiro atoms. The van der Waals surface area contributed by atoms with Gasteiger partial charge in [-0.05, 0) is 33.1 Å². The molecule has 2 rings (SSSR count). The van der Waals surface area contributed by atoms with Gasteiger partial charge in [-0.3, -0.25) is 0 Å². The molecule has 4 nitrogen and oxygen atoms in total. The van der Waals surface area contributed by atoms with Crippen LogP contribution < -0.4 is 0 Å². The van der Waals surface area contributed by atoms with Gasteiger partial charge in [0, 0.05) is 13.2 Å². The molecule has 4 heteroatoms. The Hall–Kier alpha value is -0.900. The smallest absolute Gasteiger partial charge is 0.115 e. The van der Waals surface area contributed by atoms with Crippen LogP contribution in [0.2, 0.25) is 0 Å². The molecule has 0 radical (unpaired) electrons. The summed E-state index contributed by atoms with van der Waals surface area (Å²) in [6, 6.07) is 0. The quantitative estimate of drug-likeness (QED) is 0.790. The lowest BCUT2D eigenvalue weighted by atomic mass is 9.99. The van der Waals surface area contributed by atoms with Gasteiger partial charge >= 0.3 is 0 Å². The summed E-state index contributed by atoms with van der Waals surface area (Å²) >= 11 is 0.